The van der Waals surface area contributed by atoms with E-state index >= 15 is 0 Å². The number of carbonyl (C=O) groups excluding carboxylic acids is 1. The highest BCUT2D eigenvalue weighted by atomic mass is 79.9. The predicted molar refractivity (Wildman–Crippen MR) is 58.2 cm³/mol. The molecule has 14 heavy (non-hydrogen) atoms. The van der Waals surface area contributed by atoms with Gasteiger partial charge < -0.3 is 0 Å². The second kappa shape index (κ2) is 4.89. The van der Waals surface area contributed by atoms with Gasteiger partial charge in [0, 0.05) is 4.47 Å². The molecular weight excluding hydrogens is 270 g/mol. The lowest BCUT2D eigenvalue weighted by Crippen LogP contribution is -2.02. The third kappa shape index (κ3) is 2.79. The van der Waals surface area contributed by atoms with Gasteiger partial charge in [-0.2, -0.15) is 0 Å². The molecule has 0 spiro atoms. The molecule has 0 amide bonds. The third-order valence-electron chi connectivity index (χ3n) is 1.78. The Bertz CT molecular complexity index is 354. The average molecular weight is 280 g/mol. The van der Waals surface area contributed by atoms with Crippen molar-refractivity contribution < 1.29 is 9.18 Å². The zero-order chi connectivity index (χ0) is 10.7. The topological polar surface area (TPSA) is 17.1 Å². The van der Waals surface area contributed by atoms with Crippen molar-refractivity contribution in [3.8, 4) is 0 Å². The number of benzene rings is 1. The largest absolute Gasteiger partial charge is 0.298 e. The molecule has 0 aromatic heterocycles. The number of ketones is 1. The van der Waals surface area contributed by atoms with E-state index in [1.807, 2.05) is 0 Å². The van der Waals surface area contributed by atoms with Crippen LogP contribution in [0, 0.1) is 0 Å². The Morgan fingerprint density at radius 3 is 2.71 bits per heavy atom. The van der Waals surface area contributed by atoms with Crippen LogP contribution in [-0.2, 0) is 11.5 Å². The summed E-state index contributed by atoms with van der Waals surface area (Å²) < 4.78 is 13.1. The first kappa shape index (κ1) is 11.7. The summed E-state index contributed by atoms with van der Waals surface area (Å²) in [6.07, 6.45) is 0. The van der Waals surface area contributed by atoms with Crippen molar-refractivity contribution in [2.45, 2.75) is 19.0 Å². The van der Waals surface area contributed by atoms with Gasteiger partial charge in [-0.1, -0.05) is 22.0 Å². The Balaban J connectivity index is 3.08. The SMILES string of the molecule is CC(=O)C(Cl)c1cc(Br)cc(CF)c1. The molecule has 1 aromatic carbocycles. The molecule has 0 saturated heterocycles. The molecular formula is C10H9BrClFO. The number of carbonyl (C=O) groups is 1. The molecule has 76 valence electrons. The number of rotatable bonds is 3. The number of halogens is 3. The number of alkyl halides is 2. The van der Waals surface area contributed by atoms with E-state index < -0.39 is 12.1 Å². The van der Waals surface area contributed by atoms with Crippen LogP contribution in [0.1, 0.15) is 23.4 Å². The lowest BCUT2D eigenvalue weighted by atomic mass is 10.1. The van der Waals surface area contributed by atoms with E-state index in [0.29, 0.717) is 11.1 Å². The second-order valence-electron chi connectivity index (χ2n) is 3.00. The highest BCUT2D eigenvalue weighted by molar-refractivity contribution is 9.10. The van der Waals surface area contributed by atoms with Gasteiger partial charge in [0.15, 0.2) is 5.78 Å². The summed E-state index contributed by atoms with van der Waals surface area (Å²) in [6.45, 7) is 0.849. The molecule has 1 unspecified atom stereocenters. The van der Waals surface area contributed by atoms with Gasteiger partial charge in [-0.3, -0.25) is 4.79 Å². The maximum absolute atomic E-state index is 12.4. The Labute approximate surface area is 95.4 Å². The molecule has 1 nitrogen and oxygen atoms in total. The molecule has 0 N–H and O–H groups in total. The maximum atomic E-state index is 12.4. The maximum Gasteiger partial charge on any atom is 0.152 e. The fraction of sp³-hybridized carbons (Fsp3) is 0.300. The highest BCUT2D eigenvalue weighted by Gasteiger charge is 2.14. The molecule has 0 saturated carbocycles. The van der Waals surface area contributed by atoms with E-state index in [9.17, 15) is 9.18 Å². The van der Waals surface area contributed by atoms with Crippen molar-refractivity contribution in [1.82, 2.24) is 0 Å². The number of hydrogen-bond donors (Lipinski definition) is 0. The van der Waals surface area contributed by atoms with Crippen molar-refractivity contribution >= 4 is 33.3 Å². The van der Waals surface area contributed by atoms with E-state index in [2.05, 4.69) is 15.9 Å². The second-order valence-corrected chi connectivity index (χ2v) is 4.35. The van der Waals surface area contributed by atoms with E-state index in [1.165, 1.54) is 6.92 Å². The monoisotopic (exact) mass is 278 g/mol. The van der Waals surface area contributed by atoms with Gasteiger partial charge in [0.25, 0.3) is 0 Å². The van der Waals surface area contributed by atoms with Crippen LogP contribution >= 0.6 is 27.5 Å². The number of hydrogen-bond acceptors (Lipinski definition) is 1. The smallest absolute Gasteiger partial charge is 0.152 e. The van der Waals surface area contributed by atoms with Gasteiger partial charge in [0.2, 0.25) is 0 Å². The van der Waals surface area contributed by atoms with Gasteiger partial charge in [-0.15, -0.1) is 11.6 Å². The Hall–Kier alpha value is -0.410. The quantitative estimate of drug-likeness (QED) is 0.769. The van der Waals surface area contributed by atoms with Gasteiger partial charge in [-0.25, -0.2) is 4.39 Å². The van der Waals surface area contributed by atoms with Crippen LogP contribution in [0.2, 0.25) is 0 Å². The first-order valence-electron chi connectivity index (χ1n) is 4.04. The van der Waals surface area contributed by atoms with Crippen LogP contribution in [0.5, 0.6) is 0 Å². The van der Waals surface area contributed by atoms with Crippen LogP contribution in [-0.4, -0.2) is 5.78 Å². The molecule has 0 heterocycles. The normalized spacial score (nSPS) is 12.6. The first-order chi connectivity index (χ1) is 6.54. The summed E-state index contributed by atoms with van der Waals surface area (Å²) in [5.74, 6) is -0.144. The molecule has 1 atom stereocenters. The summed E-state index contributed by atoms with van der Waals surface area (Å²) in [5, 5.41) is -0.696. The fourth-order valence-electron chi connectivity index (χ4n) is 1.13. The van der Waals surface area contributed by atoms with E-state index in [1.54, 1.807) is 18.2 Å². The average Bonchev–Trinajstić information content (AvgIpc) is 2.15. The summed E-state index contributed by atoms with van der Waals surface area (Å²) in [4.78, 5) is 11.0. The van der Waals surface area contributed by atoms with Crippen LogP contribution in [0.3, 0.4) is 0 Å². The van der Waals surface area contributed by atoms with Gasteiger partial charge in [0.1, 0.15) is 12.1 Å². The molecule has 0 radical (unpaired) electrons. The van der Waals surface area contributed by atoms with Crippen LogP contribution < -0.4 is 0 Å². The molecule has 0 aliphatic carbocycles. The third-order valence-corrected chi connectivity index (χ3v) is 2.80. The minimum absolute atomic E-state index is 0.144. The van der Waals surface area contributed by atoms with Crippen LogP contribution in [0.15, 0.2) is 22.7 Å². The molecule has 0 bridgehead atoms. The summed E-state index contributed by atoms with van der Waals surface area (Å²) >= 11 is 9.08. The van der Waals surface area contributed by atoms with Crippen LogP contribution in [0.25, 0.3) is 0 Å². The molecule has 1 aromatic rings. The highest BCUT2D eigenvalue weighted by Crippen LogP contribution is 2.26. The lowest BCUT2D eigenvalue weighted by Gasteiger charge is -2.08. The minimum Gasteiger partial charge on any atom is -0.298 e. The van der Waals surface area contributed by atoms with Gasteiger partial charge in [-0.05, 0) is 30.2 Å². The fourth-order valence-corrected chi connectivity index (χ4v) is 1.82. The van der Waals surface area contributed by atoms with E-state index in [0.717, 1.165) is 4.47 Å². The van der Waals surface area contributed by atoms with Crippen molar-refractivity contribution in [2.75, 3.05) is 0 Å². The van der Waals surface area contributed by atoms with E-state index in [4.69, 9.17) is 11.6 Å². The van der Waals surface area contributed by atoms with Crippen molar-refractivity contribution in [3.05, 3.63) is 33.8 Å². The lowest BCUT2D eigenvalue weighted by molar-refractivity contribution is -0.116. The summed E-state index contributed by atoms with van der Waals surface area (Å²) in [5.41, 5.74) is 1.14. The Morgan fingerprint density at radius 2 is 2.21 bits per heavy atom. The standard InChI is InChI=1S/C10H9BrClFO/c1-6(14)10(12)8-2-7(5-13)3-9(11)4-8/h2-4,10H,5H2,1H3. The van der Waals surface area contributed by atoms with E-state index in [-0.39, 0.29) is 5.78 Å². The van der Waals surface area contributed by atoms with Crippen molar-refractivity contribution in [3.63, 3.8) is 0 Å². The minimum atomic E-state index is -0.696. The predicted octanol–water partition coefficient (Wildman–Crippen LogP) is 3.79. The Morgan fingerprint density at radius 1 is 1.57 bits per heavy atom. The van der Waals surface area contributed by atoms with Gasteiger partial charge >= 0.3 is 0 Å². The number of Topliss-reactive ketones (excluding diaryl/α,β-unsaturated/α-hetero) is 1. The Kier molecular flexibility index (Phi) is 4.08. The molecule has 0 fully saturated rings. The summed E-state index contributed by atoms with van der Waals surface area (Å²) in [6, 6.07) is 4.98. The van der Waals surface area contributed by atoms with Crippen molar-refractivity contribution in [1.29, 1.82) is 0 Å². The van der Waals surface area contributed by atoms with Crippen LogP contribution in [0.4, 0.5) is 4.39 Å². The first-order valence-corrected chi connectivity index (χ1v) is 5.27. The van der Waals surface area contributed by atoms with Crippen molar-refractivity contribution in [2.24, 2.45) is 0 Å². The molecule has 0 aliphatic rings. The summed E-state index contributed by atoms with van der Waals surface area (Å²) in [7, 11) is 0. The van der Waals surface area contributed by atoms with Gasteiger partial charge in [0.05, 0.1) is 0 Å². The molecule has 0 aliphatic heterocycles. The zero-order valence-electron chi connectivity index (χ0n) is 7.56. The zero-order valence-corrected chi connectivity index (χ0v) is 9.90. The molecule has 1 rings (SSSR count). The molecule has 4 heteroatoms.